The molecule has 0 spiro atoms. The van der Waals surface area contributed by atoms with E-state index in [0.29, 0.717) is 17.7 Å². The second kappa shape index (κ2) is 6.26. The van der Waals surface area contributed by atoms with Crippen LogP contribution in [0.25, 0.3) is 0 Å². The van der Waals surface area contributed by atoms with Crippen molar-refractivity contribution in [1.82, 2.24) is 0 Å². The zero-order valence-corrected chi connectivity index (χ0v) is 12.0. The molecule has 110 valence electrons. The van der Waals surface area contributed by atoms with Crippen LogP contribution >= 0.6 is 0 Å². The minimum Gasteiger partial charge on any atom is -0.454 e. The van der Waals surface area contributed by atoms with Crippen molar-refractivity contribution in [2.45, 2.75) is 26.7 Å². The molecule has 0 aliphatic carbocycles. The molecule has 0 saturated carbocycles. The Morgan fingerprint density at radius 3 is 2.67 bits per heavy atom. The summed E-state index contributed by atoms with van der Waals surface area (Å²) in [6.07, 6.45) is 0.813. The molecule has 21 heavy (non-hydrogen) atoms. The highest BCUT2D eigenvalue weighted by molar-refractivity contribution is 5.89. The Labute approximate surface area is 122 Å². The molecule has 2 aromatic rings. The Hall–Kier alpha value is -2.56. The lowest BCUT2D eigenvalue weighted by molar-refractivity contribution is -0.117. The molecule has 0 aliphatic heterocycles. The summed E-state index contributed by atoms with van der Waals surface area (Å²) in [6.45, 7) is 3.74. The number of esters is 1. The fourth-order valence-corrected chi connectivity index (χ4v) is 2.00. The van der Waals surface area contributed by atoms with E-state index < -0.39 is 11.9 Å². The third-order valence-electron chi connectivity index (χ3n) is 2.99. The molecule has 0 aliphatic rings. The van der Waals surface area contributed by atoms with Crippen LogP contribution in [-0.4, -0.2) is 11.9 Å². The maximum absolute atomic E-state index is 12.1. The number of ether oxygens (including phenoxy) is 1. The van der Waals surface area contributed by atoms with Gasteiger partial charge in [0.15, 0.2) is 0 Å². The van der Waals surface area contributed by atoms with Crippen molar-refractivity contribution < 1.29 is 18.7 Å². The highest BCUT2D eigenvalue weighted by Gasteiger charge is 2.17. The van der Waals surface area contributed by atoms with Gasteiger partial charge < -0.3 is 14.9 Å². The van der Waals surface area contributed by atoms with Crippen molar-refractivity contribution >= 4 is 11.9 Å². The minimum absolute atomic E-state index is 0.102. The van der Waals surface area contributed by atoms with Gasteiger partial charge in [0.1, 0.15) is 11.5 Å². The molecule has 0 saturated heterocycles. The lowest BCUT2D eigenvalue weighted by Crippen LogP contribution is -2.14. The SMILES string of the molecule is CCc1cc(C)c(C(=O)Oc2cccc(CC(N)=O)c2)o1. The van der Waals surface area contributed by atoms with Crippen LogP contribution < -0.4 is 10.5 Å². The average Bonchev–Trinajstić information content (AvgIpc) is 2.80. The first-order chi connectivity index (χ1) is 9.99. The summed E-state index contributed by atoms with van der Waals surface area (Å²) in [4.78, 5) is 23.0. The standard InChI is InChI=1S/C16H17NO4/c1-3-12-7-10(2)15(20-12)16(19)21-13-6-4-5-11(8-13)9-14(17)18/h4-8H,3,9H2,1-2H3,(H2,17,18). The van der Waals surface area contributed by atoms with E-state index in [9.17, 15) is 9.59 Å². The normalized spacial score (nSPS) is 10.4. The van der Waals surface area contributed by atoms with Gasteiger partial charge in [0.05, 0.1) is 6.42 Å². The molecule has 0 atom stereocenters. The molecular formula is C16H17NO4. The molecule has 1 aromatic heterocycles. The number of nitrogens with two attached hydrogens (primary N) is 1. The van der Waals surface area contributed by atoms with E-state index in [1.165, 1.54) is 0 Å². The van der Waals surface area contributed by atoms with E-state index in [-0.39, 0.29) is 12.2 Å². The molecule has 5 nitrogen and oxygen atoms in total. The molecule has 0 fully saturated rings. The minimum atomic E-state index is -0.552. The van der Waals surface area contributed by atoms with Crippen LogP contribution in [0.2, 0.25) is 0 Å². The van der Waals surface area contributed by atoms with Gasteiger partial charge in [-0.05, 0) is 30.7 Å². The van der Waals surface area contributed by atoms with Gasteiger partial charge in [-0.3, -0.25) is 4.79 Å². The van der Waals surface area contributed by atoms with Gasteiger partial charge in [0.25, 0.3) is 0 Å². The second-order valence-corrected chi connectivity index (χ2v) is 4.76. The van der Waals surface area contributed by atoms with E-state index >= 15 is 0 Å². The highest BCUT2D eigenvalue weighted by Crippen LogP contribution is 2.19. The summed E-state index contributed by atoms with van der Waals surface area (Å²) < 4.78 is 10.7. The van der Waals surface area contributed by atoms with Crippen molar-refractivity contribution in [3.8, 4) is 5.75 Å². The van der Waals surface area contributed by atoms with E-state index in [1.54, 1.807) is 31.2 Å². The number of benzene rings is 1. The Morgan fingerprint density at radius 1 is 1.29 bits per heavy atom. The highest BCUT2D eigenvalue weighted by atomic mass is 16.5. The van der Waals surface area contributed by atoms with Gasteiger partial charge in [-0.15, -0.1) is 0 Å². The van der Waals surface area contributed by atoms with Crippen LogP contribution in [0.15, 0.2) is 34.7 Å². The van der Waals surface area contributed by atoms with E-state index in [1.807, 2.05) is 13.0 Å². The number of hydrogen-bond donors (Lipinski definition) is 1. The van der Waals surface area contributed by atoms with Crippen LogP contribution in [0, 0.1) is 6.92 Å². The lowest BCUT2D eigenvalue weighted by atomic mass is 10.1. The Kier molecular flexibility index (Phi) is 4.42. The number of primary amides is 1. The van der Waals surface area contributed by atoms with Crippen molar-refractivity contribution in [2.75, 3.05) is 0 Å². The van der Waals surface area contributed by atoms with Crippen molar-refractivity contribution in [1.29, 1.82) is 0 Å². The first-order valence-corrected chi connectivity index (χ1v) is 6.68. The summed E-state index contributed by atoms with van der Waals surface area (Å²) in [7, 11) is 0. The van der Waals surface area contributed by atoms with Gasteiger partial charge in [-0.25, -0.2) is 4.79 Å². The second-order valence-electron chi connectivity index (χ2n) is 4.76. The van der Waals surface area contributed by atoms with Gasteiger partial charge in [-0.1, -0.05) is 19.1 Å². The average molecular weight is 287 g/mol. The number of amides is 1. The summed E-state index contributed by atoms with van der Waals surface area (Å²) in [6, 6.07) is 8.52. The summed E-state index contributed by atoms with van der Waals surface area (Å²) in [5.74, 6) is 0.304. The lowest BCUT2D eigenvalue weighted by Gasteiger charge is -2.05. The maximum Gasteiger partial charge on any atom is 0.379 e. The number of hydrogen-bond acceptors (Lipinski definition) is 4. The van der Waals surface area contributed by atoms with Gasteiger partial charge in [-0.2, -0.15) is 0 Å². The van der Waals surface area contributed by atoms with Crippen molar-refractivity contribution in [2.24, 2.45) is 5.73 Å². The van der Waals surface area contributed by atoms with Crippen LogP contribution in [-0.2, 0) is 17.6 Å². The van der Waals surface area contributed by atoms with Gasteiger partial charge in [0, 0.05) is 12.0 Å². The third-order valence-corrected chi connectivity index (χ3v) is 2.99. The topological polar surface area (TPSA) is 82.5 Å². The molecule has 1 aromatic carbocycles. The fourth-order valence-electron chi connectivity index (χ4n) is 2.00. The summed E-state index contributed by atoms with van der Waals surface area (Å²) in [5.41, 5.74) is 6.58. The zero-order valence-electron chi connectivity index (χ0n) is 12.0. The zero-order chi connectivity index (χ0) is 15.4. The molecule has 1 amide bonds. The molecule has 0 unspecified atom stereocenters. The smallest absolute Gasteiger partial charge is 0.379 e. The first-order valence-electron chi connectivity index (χ1n) is 6.68. The monoisotopic (exact) mass is 287 g/mol. The van der Waals surface area contributed by atoms with Gasteiger partial charge in [0.2, 0.25) is 11.7 Å². The number of aryl methyl sites for hydroxylation is 2. The predicted octanol–water partition coefficient (Wildman–Crippen LogP) is 2.40. The molecular weight excluding hydrogens is 270 g/mol. The molecule has 5 heteroatoms. The number of rotatable bonds is 5. The van der Waals surface area contributed by atoms with Crippen LogP contribution in [0.4, 0.5) is 0 Å². The Balaban J connectivity index is 2.15. The maximum atomic E-state index is 12.1. The first kappa shape index (κ1) is 14.8. The van der Waals surface area contributed by atoms with Gasteiger partial charge >= 0.3 is 5.97 Å². The Morgan fingerprint density at radius 2 is 2.05 bits per heavy atom. The number of carbonyl (C=O) groups excluding carboxylic acids is 2. The third kappa shape index (κ3) is 3.72. The largest absolute Gasteiger partial charge is 0.454 e. The van der Waals surface area contributed by atoms with E-state index in [0.717, 1.165) is 11.3 Å². The summed E-state index contributed by atoms with van der Waals surface area (Å²) in [5, 5.41) is 0. The van der Waals surface area contributed by atoms with Crippen molar-refractivity contribution in [3.05, 3.63) is 53.0 Å². The summed E-state index contributed by atoms with van der Waals surface area (Å²) >= 11 is 0. The van der Waals surface area contributed by atoms with E-state index in [2.05, 4.69) is 0 Å². The van der Waals surface area contributed by atoms with Crippen LogP contribution in [0.1, 0.15) is 34.4 Å². The molecule has 2 rings (SSSR count). The number of furan rings is 1. The molecule has 2 N–H and O–H groups in total. The Bertz CT molecular complexity index is 673. The predicted molar refractivity (Wildman–Crippen MR) is 77.1 cm³/mol. The van der Waals surface area contributed by atoms with Crippen molar-refractivity contribution in [3.63, 3.8) is 0 Å². The molecule has 1 heterocycles. The number of carbonyl (C=O) groups is 2. The molecule has 0 radical (unpaired) electrons. The fraction of sp³-hybridized carbons (Fsp3) is 0.250. The quantitative estimate of drug-likeness (QED) is 0.676. The molecule has 0 bridgehead atoms. The van der Waals surface area contributed by atoms with E-state index in [4.69, 9.17) is 14.9 Å². The van der Waals surface area contributed by atoms with Crippen LogP contribution in [0.3, 0.4) is 0 Å². The van der Waals surface area contributed by atoms with Crippen LogP contribution in [0.5, 0.6) is 5.75 Å².